The molecule has 0 radical (unpaired) electrons. The molecule has 1 aliphatic heterocycles. The minimum atomic E-state index is -0.218. The van der Waals surface area contributed by atoms with Gasteiger partial charge in [0.2, 0.25) is 11.8 Å². The molecule has 3 rings (SSSR count). The van der Waals surface area contributed by atoms with E-state index in [1.165, 1.54) is 0 Å². The maximum Gasteiger partial charge on any atom is 0.224 e. The number of primary amides is 1. The number of likely N-dealkylation sites (tertiary alicyclic amines) is 1. The van der Waals surface area contributed by atoms with Crippen molar-refractivity contribution in [2.45, 2.75) is 51.1 Å². The SMILES string of the molecule is NC(=O)C1CCCN(Cc2ccccc2NC(=O)C[C@@H]2CCC[C@H]2N)C1. The highest BCUT2D eigenvalue weighted by atomic mass is 16.2. The van der Waals surface area contributed by atoms with Crippen LogP contribution in [0, 0.1) is 11.8 Å². The van der Waals surface area contributed by atoms with Crippen LogP contribution in [0.15, 0.2) is 24.3 Å². The molecule has 2 fully saturated rings. The van der Waals surface area contributed by atoms with Gasteiger partial charge in [-0.15, -0.1) is 0 Å². The van der Waals surface area contributed by atoms with E-state index < -0.39 is 0 Å². The van der Waals surface area contributed by atoms with Crippen molar-refractivity contribution in [3.05, 3.63) is 29.8 Å². The fraction of sp³-hybridized carbons (Fsp3) is 0.600. The van der Waals surface area contributed by atoms with E-state index in [0.29, 0.717) is 25.4 Å². The molecule has 1 aromatic carbocycles. The summed E-state index contributed by atoms with van der Waals surface area (Å²) in [5.41, 5.74) is 13.5. The summed E-state index contributed by atoms with van der Waals surface area (Å²) in [6.07, 6.45) is 5.51. The van der Waals surface area contributed by atoms with Crippen LogP contribution in [0.2, 0.25) is 0 Å². The molecule has 5 N–H and O–H groups in total. The average Bonchev–Trinajstić information content (AvgIpc) is 3.01. The molecule has 1 saturated carbocycles. The van der Waals surface area contributed by atoms with Crippen LogP contribution in [0.3, 0.4) is 0 Å². The Morgan fingerprint density at radius 3 is 2.69 bits per heavy atom. The van der Waals surface area contributed by atoms with Gasteiger partial charge in [-0.3, -0.25) is 14.5 Å². The number of nitrogens with one attached hydrogen (secondary N) is 1. The molecule has 26 heavy (non-hydrogen) atoms. The molecule has 1 aliphatic carbocycles. The Kier molecular flexibility index (Phi) is 6.27. The number of benzene rings is 1. The van der Waals surface area contributed by atoms with Crippen LogP contribution in [0.1, 0.15) is 44.1 Å². The molecule has 0 bridgehead atoms. The summed E-state index contributed by atoms with van der Waals surface area (Å²) in [6, 6.07) is 8.04. The van der Waals surface area contributed by atoms with E-state index in [-0.39, 0.29) is 23.8 Å². The number of piperidine rings is 1. The second kappa shape index (κ2) is 8.64. The standard InChI is InChI=1S/C20H30N4O2/c21-17-8-3-6-14(17)11-19(25)23-18-9-2-1-5-15(18)12-24-10-4-7-16(13-24)20(22)26/h1-2,5,9,14,16-17H,3-4,6-8,10-13,21H2,(H2,22,26)(H,23,25)/t14-,16?,17+/m0/s1. The first-order valence-corrected chi connectivity index (χ1v) is 9.68. The first-order chi connectivity index (χ1) is 12.5. The highest BCUT2D eigenvalue weighted by Crippen LogP contribution is 2.28. The lowest BCUT2D eigenvalue weighted by atomic mass is 9.97. The number of rotatable bonds is 6. The first-order valence-electron chi connectivity index (χ1n) is 9.68. The molecule has 6 heteroatoms. The fourth-order valence-electron chi connectivity index (χ4n) is 4.21. The minimum absolute atomic E-state index is 0.0356. The fourth-order valence-corrected chi connectivity index (χ4v) is 4.21. The monoisotopic (exact) mass is 358 g/mol. The van der Waals surface area contributed by atoms with E-state index in [1.807, 2.05) is 24.3 Å². The zero-order valence-corrected chi connectivity index (χ0v) is 15.3. The summed E-state index contributed by atoms with van der Waals surface area (Å²) < 4.78 is 0. The second-order valence-electron chi connectivity index (χ2n) is 7.74. The lowest BCUT2D eigenvalue weighted by Gasteiger charge is -2.31. The third-order valence-corrected chi connectivity index (χ3v) is 5.76. The highest BCUT2D eigenvalue weighted by Gasteiger charge is 2.27. The van der Waals surface area contributed by atoms with Gasteiger partial charge in [0.15, 0.2) is 0 Å². The molecular formula is C20H30N4O2. The van der Waals surface area contributed by atoms with Gasteiger partial charge >= 0.3 is 0 Å². The number of para-hydroxylation sites is 1. The Labute approximate surface area is 155 Å². The Morgan fingerprint density at radius 2 is 1.96 bits per heavy atom. The molecule has 6 nitrogen and oxygen atoms in total. The average molecular weight is 358 g/mol. The van der Waals surface area contributed by atoms with E-state index in [2.05, 4.69) is 10.2 Å². The molecule has 1 aromatic rings. The maximum atomic E-state index is 12.5. The first kappa shape index (κ1) is 18.9. The number of nitrogens with zero attached hydrogens (tertiary/aromatic N) is 1. The number of amides is 2. The number of nitrogens with two attached hydrogens (primary N) is 2. The zero-order chi connectivity index (χ0) is 18.5. The zero-order valence-electron chi connectivity index (χ0n) is 15.3. The van der Waals surface area contributed by atoms with Crippen LogP contribution < -0.4 is 16.8 Å². The Hall–Kier alpha value is -1.92. The van der Waals surface area contributed by atoms with E-state index in [4.69, 9.17) is 11.5 Å². The lowest BCUT2D eigenvalue weighted by Crippen LogP contribution is -2.40. The highest BCUT2D eigenvalue weighted by molar-refractivity contribution is 5.91. The van der Waals surface area contributed by atoms with Crippen molar-refractivity contribution < 1.29 is 9.59 Å². The van der Waals surface area contributed by atoms with E-state index >= 15 is 0 Å². The van der Waals surface area contributed by atoms with Gasteiger partial charge in [0.1, 0.15) is 0 Å². The summed E-state index contributed by atoms with van der Waals surface area (Å²) in [7, 11) is 0. The number of hydrogen-bond donors (Lipinski definition) is 3. The summed E-state index contributed by atoms with van der Waals surface area (Å²) in [5.74, 6) is 0.0348. The normalized spacial score (nSPS) is 26.6. The number of hydrogen-bond acceptors (Lipinski definition) is 4. The van der Waals surface area contributed by atoms with Gasteiger partial charge in [-0.05, 0) is 49.8 Å². The molecule has 1 unspecified atom stereocenters. The smallest absolute Gasteiger partial charge is 0.224 e. The van der Waals surface area contributed by atoms with Crippen LogP contribution in [-0.2, 0) is 16.1 Å². The van der Waals surface area contributed by atoms with Crippen LogP contribution in [0.25, 0.3) is 0 Å². The Balaban J connectivity index is 1.60. The van der Waals surface area contributed by atoms with Crippen molar-refractivity contribution in [3.8, 4) is 0 Å². The van der Waals surface area contributed by atoms with Gasteiger partial charge in [-0.1, -0.05) is 24.6 Å². The van der Waals surface area contributed by atoms with Crippen molar-refractivity contribution in [2.24, 2.45) is 23.3 Å². The Morgan fingerprint density at radius 1 is 1.15 bits per heavy atom. The molecule has 3 atom stereocenters. The minimum Gasteiger partial charge on any atom is -0.369 e. The molecule has 0 spiro atoms. The van der Waals surface area contributed by atoms with Gasteiger partial charge in [-0.2, -0.15) is 0 Å². The number of carbonyl (C=O) groups excluding carboxylic acids is 2. The summed E-state index contributed by atoms with van der Waals surface area (Å²) >= 11 is 0. The van der Waals surface area contributed by atoms with Crippen LogP contribution in [0.4, 0.5) is 5.69 Å². The molecule has 1 saturated heterocycles. The van der Waals surface area contributed by atoms with Gasteiger partial charge < -0.3 is 16.8 Å². The van der Waals surface area contributed by atoms with Crippen molar-refractivity contribution in [2.75, 3.05) is 18.4 Å². The van der Waals surface area contributed by atoms with E-state index in [9.17, 15) is 9.59 Å². The summed E-state index contributed by atoms with van der Waals surface area (Å²) in [6.45, 7) is 2.35. The van der Waals surface area contributed by atoms with Crippen molar-refractivity contribution in [1.82, 2.24) is 4.90 Å². The third-order valence-electron chi connectivity index (χ3n) is 5.76. The molecule has 2 amide bonds. The largest absolute Gasteiger partial charge is 0.369 e. The van der Waals surface area contributed by atoms with Crippen molar-refractivity contribution >= 4 is 17.5 Å². The molecular weight excluding hydrogens is 328 g/mol. The second-order valence-corrected chi connectivity index (χ2v) is 7.74. The predicted molar refractivity (Wildman–Crippen MR) is 102 cm³/mol. The van der Waals surface area contributed by atoms with Gasteiger partial charge in [0.05, 0.1) is 5.92 Å². The van der Waals surface area contributed by atoms with Crippen molar-refractivity contribution in [1.29, 1.82) is 0 Å². The summed E-state index contributed by atoms with van der Waals surface area (Å²) in [4.78, 5) is 26.2. The topological polar surface area (TPSA) is 101 Å². The van der Waals surface area contributed by atoms with E-state index in [1.54, 1.807) is 0 Å². The molecule has 2 aliphatic rings. The lowest BCUT2D eigenvalue weighted by molar-refractivity contribution is -0.123. The Bertz CT molecular complexity index is 648. The number of carbonyl (C=O) groups is 2. The van der Waals surface area contributed by atoms with Crippen LogP contribution in [0.5, 0.6) is 0 Å². The van der Waals surface area contributed by atoms with Gasteiger partial charge in [0.25, 0.3) is 0 Å². The maximum absolute atomic E-state index is 12.5. The van der Waals surface area contributed by atoms with Crippen LogP contribution >= 0.6 is 0 Å². The predicted octanol–water partition coefficient (Wildman–Crippen LogP) is 1.84. The van der Waals surface area contributed by atoms with Gasteiger partial charge in [0, 0.05) is 31.2 Å². The molecule has 142 valence electrons. The van der Waals surface area contributed by atoms with Crippen LogP contribution in [-0.4, -0.2) is 35.8 Å². The van der Waals surface area contributed by atoms with Gasteiger partial charge in [-0.25, -0.2) is 0 Å². The van der Waals surface area contributed by atoms with E-state index in [0.717, 1.165) is 49.9 Å². The quantitative estimate of drug-likeness (QED) is 0.722. The number of anilines is 1. The summed E-state index contributed by atoms with van der Waals surface area (Å²) in [5, 5.41) is 3.07. The molecule has 0 aromatic heterocycles. The molecule has 1 heterocycles. The van der Waals surface area contributed by atoms with Crippen molar-refractivity contribution in [3.63, 3.8) is 0 Å². The third kappa shape index (κ3) is 4.83.